The van der Waals surface area contributed by atoms with Crippen LogP contribution in [0.2, 0.25) is 0 Å². The summed E-state index contributed by atoms with van der Waals surface area (Å²) in [4.78, 5) is 0. The Bertz CT molecular complexity index is 185. The molecule has 0 aliphatic carbocycles. The van der Waals surface area contributed by atoms with Crippen molar-refractivity contribution in [3.8, 4) is 0 Å². The second kappa shape index (κ2) is 4.57. The van der Waals surface area contributed by atoms with Crippen LogP contribution in [0.5, 0.6) is 0 Å². The Morgan fingerprint density at radius 2 is 1.71 bits per heavy atom. The second-order valence-corrected chi connectivity index (χ2v) is 4.16. The van der Waals surface area contributed by atoms with Gasteiger partial charge in [0.2, 0.25) is 0 Å². The number of aliphatic hydroxyl groups is 3. The first-order valence-electron chi connectivity index (χ1n) is 5.18. The third-order valence-corrected chi connectivity index (χ3v) is 3.09. The summed E-state index contributed by atoms with van der Waals surface area (Å²) < 4.78 is 5.47. The molecule has 0 bridgehead atoms. The van der Waals surface area contributed by atoms with Gasteiger partial charge in [-0.25, -0.2) is 0 Å². The molecule has 0 spiro atoms. The average Bonchev–Trinajstić information content (AvgIpc) is 2.19. The molecule has 1 aliphatic rings. The van der Waals surface area contributed by atoms with Gasteiger partial charge in [-0.3, -0.25) is 0 Å². The number of aliphatic hydroxyl groups excluding tert-OH is 3. The topological polar surface area (TPSA) is 69.9 Å². The van der Waals surface area contributed by atoms with Gasteiger partial charge in [-0.15, -0.1) is 0 Å². The molecule has 6 atom stereocenters. The highest BCUT2D eigenvalue weighted by Crippen LogP contribution is 2.26. The Morgan fingerprint density at radius 3 is 2.21 bits per heavy atom. The lowest BCUT2D eigenvalue weighted by Crippen LogP contribution is -2.58. The molecule has 0 radical (unpaired) electrons. The fourth-order valence-electron chi connectivity index (χ4n) is 1.79. The first-order valence-corrected chi connectivity index (χ1v) is 5.18. The normalized spacial score (nSPS) is 46.3. The molecule has 1 rings (SSSR count). The molecular formula is C10H20O4. The van der Waals surface area contributed by atoms with Gasteiger partial charge in [-0.05, 0) is 12.8 Å². The molecule has 1 fully saturated rings. The third kappa shape index (κ3) is 2.08. The minimum Gasteiger partial charge on any atom is -0.388 e. The SMILES string of the molecule is CCC(C)C1OC(C)C(O)C(O)C1O. The fourth-order valence-corrected chi connectivity index (χ4v) is 1.79. The molecule has 84 valence electrons. The Labute approximate surface area is 84.5 Å². The monoisotopic (exact) mass is 204 g/mol. The van der Waals surface area contributed by atoms with Crippen molar-refractivity contribution in [1.29, 1.82) is 0 Å². The first kappa shape index (κ1) is 11.9. The lowest BCUT2D eigenvalue weighted by molar-refractivity contribution is -0.228. The van der Waals surface area contributed by atoms with Crippen molar-refractivity contribution in [2.24, 2.45) is 5.92 Å². The van der Waals surface area contributed by atoms with Crippen LogP contribution >= 0.6 is 0 Å². The molecule has 4 heteroatoms. The van der Waals surface area contributed by atoms with E-state index in [0.29, 0.717) is 0 Å². The standard InChI is InChI=1S/C10H20O4/c1-4-5(2)10-9(13)8(12)7(11)6(3)14-10/h5-13H,4H2,1-3H3. The summed E-state index contributed by atoms with van der Waals surface area (Å²) >= 11 is 0. The van der Waals surface area contributed by atoms with Crippen LogP contribution in [0.15, 0.2) is 0 Å². The molecule has 1 saturated heterocycles. The van der Waals surface area contributed by atoms with Crippen LogP contribution in [-0.2, 0) is 4.74 Å². The van der Waals surface area contributed by atoms with Gasteiger partial charge in [0, 0.05) is 0 Å². The smallest absolute Gasteiger partial charge is 0.111 e. The summed E-state index contributed by atoms with van der Waals surface area (Å²) in [5.74, 6) is 0.176. The van der Waals surface area contributed by atoms with Gasteiger partial charge >= 0.3 is 0 Å². The third-order valence-electron chi connectivity index (χ3n) is 3.09. The van der Waals surface area contributed by atoms with Crippen molar-refractivity contribution in [3.05, 3.63) is 0 Å². The van der Waals surface area contributed by atoms with E-state index in [9.17, 15) is 15.3 Å². The minimum absolute atomic E-state index is 0.176. The summed E-state index contributed by atoms with van der Waals surface area (Å²) in [7, 11) is 0. The van der Waals surface area contributed by atoms with Crippen molar-refractivity contribution in [2.75, 3.05) is 0 Å². The van der Waals surface area contributed by atoms with E-state index >= 15 is 0 Å². The van der Waals surface area contributed by atoms with Crippen LogP contribution in [0.3, 0.4) is 0 Å². The van der Waals surface area contributed by atoms with Gasteiger partial charge < -0.3 is 20.1 Å². The van der Waals surface area contributed by atoms with Crippen LogP contribution in [0.1, 0.15) is 27.2 Å². The summed E-state index contributed by atoms with van der Waals surface area (Å²) in [6.45, 7) is 5.67. The van der Waals surface area contributed by atoms with Gasteiger partial charge in [0.05, 0.1) is 12.2 Å². The quantitative estimate of drug-likeness (QED) is 0.587. The van der Waals surface area contributed by atoms with Crippen LogP contribution < -0.4 is 0 Å². The van der Waals surface area contributed by atoms with Gasteiger partial charge in [0.1, 0.15) is 18.3 Å². The fraction of sp³-hybridized carbons (Fsp3) is 1.00. The van der Waals surface area contributed by atoms with Crippen LogP contribution in [0.4, 0.5) is 0 Å². The highest BCUT2D eigenvalue weighted by Gasteiger charge is 2.43. The summed E-state index contributed by atoms with van der Waals surface area (Å²) in [6.07, 6.45) is -3.02. The van der Waals surface area contributed by atoms with Crippen molar-refractivity contribution < 1.29 is 20.1 Å². The highest BCUT2D eigenvalue weighted by atomic mass is 16.5. The van der Waals surface area contributed by atoms with E-state index in [0.717, 1.165) is 6.42 Å². The molecule has 1 heterocycles. The molecule has 0 saturated carbocycles. The molecule has 1 aliphatic heterocycles. The van der Waals surface area contributed by atoms with Crippen LogP contribution in [0.25, 0.3) is 0 Å². The molecule has 0 amide bonds. The van der Waals surface area contributed by atoms with E-state index in [-0.39, 0.29) is 12.0 Å². The molecular weight excluding hydrogens is 184 g/mol. The van der Waals surface area contributed by atoms with E-state index in [1.807, 2.05) is 13.8 Å². The van der Waals surface area contributed by atoms with Gasteiger partial charge in [0.25, 0.3) is 0 Å². The molecule has 0 aromatic carbocycles. The van der Waals surface area contributed by atoms with Gasteiger partial charge in [0.15, 0.2) is 0 Å². The summed E-state index contributed by atoms with van der Waals surface area (Å²) in [6, 6.07) is 0. The number of hydrogen-bond acceptors (Lipinski definition) is 4. The zero-order valence-corrected chi connectivity index (χ0v) is 8.92. The lowest BCUT2D eigenvalue weighted by atomic mass is 9.88. The minimum atomic E-state index is -1.10. The molecule has 6 unspecified atom stereocenters. The maximum Gasteiger partial charge on any atom is 0.111 e. The van der Waals surface area contributed by atoms with Crippen molar-refractivity contribution in [1.82, 2.24) is 0 Å². The van der Waals surface area contributed by atoms with Crippen LogP contribution in [0, 0.1) is 5.92 Å². The van der Waals surface area contributed by atoms with E-state index in [2.05, 4.69) is 0 Å². The van der Waals surface area contributed by atoms with Crippen LogP contribution in [-0.4, -0.2) is 45.8 Å². The predicted molar refractivity (Wildman–Crippen MR) is 51.8 cm³/mol. The lowest BCUT2D eigenvalue weighted by Gasteiger charge is -2.41. The molecule has 3 N–H and O–H groups in total. The van der Waals surface area contributed by atoms with Gasteiger partial charge in [-0.1, -0.05) is 20.3 Å². The zero-order valence-electron chi connectivity index (χ0n) is 8.92. The van der Waals surface area contributed by atoms with E-state index in [1.165, 1.54) is 0 Å². The van der Waals surface area contributed by atoms with Crippen molar-refractivity contribution >= 4 is 0 Å². The molecule has 4 nitrogen and oxygen atoms in total. The van der Waals surface area contributed by atoms with E-state index < -0.39 is 24.4 Å². The zero-order chi connectivity index (χ0) is 10.9. The Kier molecular flexibility index (Phi) is 3.89. The molecule has 14 heavy (non-hydrogen) atoms. The maximum atomic E-state index is 9.69. The first-order chi connectivity index (χ1) is 6.49. The van der Waals surface area contributed by atoms with Gasteiger partial charge in [-0.2, -0.15) is 0 Å². The van der Waals surface area contributed by atoms with E-state index in [4.69, 9.17) is 4.74 Å². The Morgan fingerprint density at radius 1 is 1.14 bits per heavy atom. The Hall–Kier alpha value is -0.160. The van der Waals surface area contributed by atoms with E-state index in [1.54, 1.807) is 6.92 Å². The Balaban J connectivity index is 2.70. The molecule has 0 aromatic rings. The largest absolute Gasteiger partial charge is 0.388 e. The predicted octanol–water partition coefficient (Wildman–Crippen LogP) is -0.0975. The van der Waals surface area contributed by atoms with Crippen molar-refractivity contribution in [3.63, 3.8) is 0 Å². The highest BCUT2D eigenvalue weighted by molar-refractivity contribution is 4.92. The summed E-state index contributed by atoms with van der Waals surface area (Å²) in [5, 5.41) is 28.7. The maximum absolute atomic E-state index is 9.69. The number of ether oxygens (including phenoxy) is 1. The molecule has 0 aromatic heterocycles. The number of hydrogen-bond donors (Lipinski definition) is 3. The average molecular weight is 204 g/mol. The summed E-state index contributed by atoms with van der Waals surface area (Å²) in [5.41, 5.74) is 0. The van der Waals surface area contributed by atoms with Crippen molar-refractivity contribution in [2.45, 2.75) is 57.7 Å². The number of rotatable bonds is 2. The second-order valence-electron chi connectivity index (χ2n) is 4.16.